The average molecular weight is 281 g/mol. The molecular formula is C18H23N3. The molecule has 0 saturated carbocycles. The van der Waals surface area contributed by atoms with Crippen LogP contribution in [0.15, 0.2) is 36.5 Å². The second-order valence-corrected chi connectivity index (χ2v) is 6.37. The Kier molecular flexibility index (Phi) is 3.66. The van der Waals surface area contributed by atoms with Gasteiger partial charge in [-0.3, -0.25) is 4.98 Å². The van der Waals surface area contributed by atoms with Crippen molar-refractivity contribution in [3.63, 3.8) is 0 Å². The molecule has 1 aromatic heterocycles. The maximum Gasteiger partial charge on any atom is 0.150 e. The first kappa shape index (κ1) is 14.1. The Hall–Kier alpha value is -1.90. The summed E-state index contributed by atoms with van der Waals surface area (Å²) in [6, 6.07) is 10.9. The van der Waals surface area contributed by atoms with Crippen molar-refractivity contribution in [1.29, 1.82) is 0 Å². The van der Waals surface area contributed by atoms with Gasteiger partial charge in [0.2, 0.25) is 0 Å². The molecule has 1 aliphatic rings. The zero-order chi connectivity index (χ0) is 14.9. The molecule has 0 spiro atoms. The molecule has 1 fully saturated rings. The third-order valence-electron chi connectivity index (χ3n) is 4.52. The summed E-state index contributed by atoms with van der Waals surface area (Å²) >= 11 is 0. The van der Waals surface area contributed by atoms with E-state index in [0.29, 0.717) is 0 Å². The Balaban J connectivity index is 1.91. The monoisotopic (exact) mass is 281 g/mol. The minimum Gasteiger partial charge on any atom is -0.354 e. The van der Waals surface area contributed by atoms with Crippen LogP contribution in [0.25, 0.3) is 0 Å². The Morgan fingerprint density at radius 3 is 2.67 bits per heavy atom. The van der Waals surface area contributed by atoms with E-state index in [9.17, 15) is 0 Å². The fraction of sp³-hybridized carbons (Fsp3) is 0.444. The van der Waals surface area contributed by atoms with Gasteiger partial charge in [-0.2, -0.15) is 0 Å². The normalized spacial score (nSPS) is 22.3. The van der Waals surface area contributed by atoms with Crippen LogP contribution in [0.4, 0.5) is 5.82 Å². The highest BCUT2D eigenvalue weighted by molar-refractivity contribution is 5.45. The molecule has 1 unspecified atom stereocenters. The molecule has 21 heavy (non-hydrogen) atoms. The number of hydrogen-bond acceptors (Lipinski definition) is 3. The third kappa shape index (κ3) is 2.78. The van der Waals surface area contributed by atoms with E-state index < -0.39 is 0 Å². The van der Waals surface area contributed by atoms with Crippen LogP contribution in [0.1, 0.15) is 36.7 Å². The average Bonchev–Trinajstić information content (AvgIpc) is 2.51. The first-order chi connectivity index (χ1) is 10.1. The molecule has 0 amide bonds. The van der Waals surface area contributed by atoms with Crippen LogP contribution in [0.5, 0.6) is 0 Å². The van der Waals surface area contributed by atoms with Crippen molar-refractivity contribution in [2.75, 3.05) is 18.0 Å². The third-order valence-corrected chi connectivity index (χ3v) is 4.52. The van der Waals surface area contributed by atoms with Gasteiger partial charge in [0.05, 0.1) is 11.4 Å². The summed E-state index contributed by atoms with van der Waals surface area (Å²) < 4.78 is 0. The molecule has 3 nitrogen and oxygen atoms in total. The van der Waals surface area contributed by atoms with E-state index in [1.807, 2.05) is 13.1 Å². The molecule has 0 radical (unpaired) electrons. The SMILES string of the molecule is Cc1cnc(C)c(N2CCCC(C)(c3ccccc3)C2)n1. The van der Waals surface area contributed by atoms with Crippen molar-refractivity contribution in [2.45, 2.75) is 39.0 Å². The van der Waals surface area contributed by atoms with Crippen LogP contribution in [0.2, 0.25) is 0 Å². The zero-order valence-electron chi connectivity index (χ0n) is 13.1. The lowest BCUT2D eigenvalue weighted by atomic mass is 9.76. The molecular weight excluding hydrogens is 258 g/mol. The van der Waals surface area contributed by atoms with Crippen molar-refractivity contribution in [2.24, 2.45) is 0 Å². The molecule has 0 bridgehead atoms. The number of benzene rings is 1. The highest BCUT2D eigenvalue weighted by Crippen LogP contribution is 2.35. The van der Waals surface area contributed by atoms with Crippen molar-refractivity contribution in [3.05, 3.63) is 53.5 Å². The summed E-state index contributed by atoms with van der Waals surface area (Å²) in [7, 11) is 0. The van der Waals surface area contributed by atoms with E-state index in [4.69, 9.17) is 4.98 Å². The van der Waals surface area contributed by atoms with Crippen LogP contribution < -0.4 is 4.90 Å². The van der Waals surface area contributed by atoms with Crippen molar-refractivity contribution < 1.29 is 0 Å². The Morgan fingerprint density at radius 2 is 1.90 bits per heavy atom. The van der Waals surface area contributed by atoms with Gasteiger partial charge < -0.3 is 4.90 Å². The Bertz CT molecular complexity index is 624. The summed E-state index contributed by atoms with van der Waals surface area (Å²) in [5.41, 5.74) is 3.63. The van der Waals surface area contributed by atoms with Crippen molar-refractivity contribution >= 4 is 5.82 Å². The number of nitrogens with zero attached hydrogens (tertiary/aromatic N) is 3. The van der Waals surface area contributed by atoms with E-state index in [1.54, 1.807) is 0 Å². The van der Waals surface area contributed by atoms with Gasteiger partial charge in [-0.1, -0.05) is 37.3 Å². The van der Waals surface area contributed by atoms with E-state index >= 15 is 0 Å². The van der Waals surface area contributed by atoms with E-state index in [2.05, 4.69) is 54.1 Å². The highest BCUT2D eigenvalue weighted by Gasteiger charge is 2.33. The number of piperidine rings is 1. The summed E-state index contributed by atoms with van der Waals surface area (Å²) in [4.78, 5) is 11.6. The lowest BCUT2D eigenvalue weighted by molar-refractivity contribution is 0.371. The van der Waals surface area contributed by atoms with Crippen molar-refractivity contribution in [3.8, 4) is 0 Å². The fourth-order valence-electron chi connectivity index (χ4n) is 3.32. The van der Waals surface area contributed by atoms with Crippen LogP contribution >= 0.6 is 0 Å². The van der Waals surface area contributed by atoms with Crippen LogP contribution in [-0.2, 0) is 5.41 Å². The first-order valence-corrected chi connectivity index (χ1v) is 7.69. The van der Waals surface area contributed by atoms with Gasteiger partial charge in [-0.15, -0.1) is 0 Å². The molecule has 2 heterocycles. The van der Waals surface area contributed by atoms with Crippen LogP contribution in [0, 0.1) is 13.8 Å². The first-order valence-electron chi connectivity index (χ1n) is 7.69. The largest absolute Gasteiger partial charge is 0.354 e. The minimum atomic E-state index is 0.192. The maximum absolute atomic E-state index is 4.72. The molecule has 110 valence electrons. The lowest BCUT2D eigenvalue weighted by Crippen LogP contribution is -2.45. The van der Waals surface area contributed by atoms with Crippen molar-refractivity contribution in [1.82, 2.24) is 9.97 Å². The van der Waals surface area contributed by atoms with Crippen LogP contribution in [0.3, 0.4) is 0 Å². The Labute approximate surface area is 127 Å². The van der Waals surface area contributed by atoms with Gasteiger partial charge in [-0.05, 0) is 32.3 Å². The summed E-state index contributed by atoms with van der Waals surface area (Å²) in [6.07, 6.45) is 4.27. The minimum absolute atomic E-state index is 0.192. The highest BCUT2D eigenvalue weighted by atomic mass is 15.2. The number of rotatable bonds is 2. The van der Waals surface area contributed by atoms with E-state index in [-0.39, 0.29) is 5.41 Å². The van der Waals surface area contributed by atoms with Gasteiger partial charge in [0.1, 0.15) is 5.82 Å². The standard InChI is InChI=1S/C18H23N3/c1-14-12-19-15(2)17(20-14)21-11-7-10-18(3,13-21)16-8-5-4-6-9-16/h4-6,8-9,12H,7,10-11,13H2,1-3H3. The quantitative estimate of drug-likeness (QED) is 0.841. The molecule has 1 saturated heterocycles. The Morgan fingerprint density at radius 1 is 1.14 bits per heavy atom. The topological polar surface area (TPSA) is 29.0 Å². The van der Waals surface area contributed by atoms with E-state index in [1.165, 1.54) is 18.4 Å². The summed E-state index contributed by atoms with van der Waals surface area (Å²) in [6.45, 7) is 8.51. The zero-order valence-corrected chi connectivity index (χ0v) is 13.1. The summed E-state index contributed by atoms with van der Waals surface area (Å²) in [5.74, 6) is 1.05. The molecule has 2 aromatic rings. The predicted octanol–water partition coefficient (Wildman–Crippen LogP) is 3.65. The number of aromatic nitrogens is 2. The van der Waals surface area contributed by atoms with Gasteiger partial charge >= 0.3 is 0 Å². The fourth-order valence-corrected chi connectivity index (χ4v) is 3.32. The van der Waals surface area contributed by atoms with Gasteiger partial charge in [-0.25, -0.2) is 4.98 Å². The number of hydrogen-bond donors (Lipinski definition) is 0. The lowest BCUT2D eigenvalue weighted by Gasteiger charge is -2.41. The molecule has 0 N–H and O–H groups in total. The molecule has 3 heteroatoms. The molecule has 3 rings (SSSR count). The second kappa shape index (κ2) is 5.47. The number of aryl methyl sites for hydroxylation is 2. The van der Waals surface area contributed by atoms with E-state index in [0.717, 1.165) is 30.3 Å². The maximum atomic E-state index is 4.72. The molecule has 1 atom stereocenters. The van der Waals surface area contributed by atoms with Gasteiger partial charge in [0.15, 0.2) is 0 Å². The number of anilines is 1. The van der Waals surface area contributed by atoms with Gasteiger partial charge in [0.25, 0.3) is 0 Å². The van der Waals surface area contributed by atoms with Crippen LogP contribution in [-0.4, -0.2) is 23.1 Å². The molecule has 1 aromatic carbocycles. The predicted molar refractivity (Wildman–Crippen MR) is 86.7 cm³/mol. The smallest absolute Gasteiger partial charge is 0.150 e. The molecule has 0 aliphatic carbocycles. The van der Waals surface area contributed by atoms with Gasteiger partial charge in [0, 0.05) is 24.7 Å². The summed E-state index contributed by atoms with van der Waals surface area (Å²) in [5, 5.41) is 0. The second-order valence-electron chi connectivity index (χ2n) is 6.37. The molecule has 1 aliphatic heterocycles.